The number of rotatable bonds is 4. The van der Waals surface area contributed by atoms with Crippen molar-refractivity contribution >= 4 is 35.1 Å². The Morgan fingerprint density at radius 2 is 1.83 bits per heavy atom. The summed E-state index contributed by atoms with van der Waals surface area (Å²) in [6, 6.07) is 4.54. The number of benzene rings is 1. The molecule has 23 heavy (non-hydrogen) atoms. The van der Waals surface area contributed by atoms with Crippen LogP contribution in [0.25, 0.3) is 0 Å². The van der Waals surface area contributed by atoms with E-state index in [2.05, 4.69) is 10.6 Å². The van der Waals surface area contributed by atoms with Crippen LogP contribution in [0.5, 0.6) is 0 Å². The molecule has 0 fully saturated rings. The Bertz CT molecular complexity index is 672. The normalized spacial score (nSPS) is 19.9. The fraction of sp³-hybridized carbons (Fsp3) is 0.312. The standard InChI is InChI=1S/C16H17ClN2O4/c1-18-14(20)12-7-6-9(8-13(12)17)19-15(21)10-4-2-3-5-11(10)16(22)23/h2-3,6-8,10-11H,4-5H2,1H3,(H,18,20)(H,19,21)(H,22,23)/t10-,11+/m0/s1. The summed E-state index contributed by atoms with van der Waals surface area (Å²) in [5.41, 5.74) is 0.725. The van der Waals surface area contributed by atoms with Crippen LogP contribution in [0.2, 0.25) is 5.02 Å². The minimum Gasteiger partial charge on any atom is -0.481 e. The maximum absolute atomic E-state index is 12.3. The molecule has 0 saturated carbocycles. The van der Waals surface area contributed by atoms with Crippen LogP contribution < -0.4 is 10.6 Å². The van der Waals surface area contributed by atoms with Gasteiger partial charge in [0.25, 0.3) is 5.91 Å². The molecule has 1 aliphatic carbocycles. The average Bonchev–Trinajstić information content (AvgIpc) is 2.54. The van der Waals surface area contributed by atoms with E-state index in [1.54, 1.807) is 12.1 Å². The van der Waals surface area contributed by atoms with E-state index in [4.69, 9.17) is 11.6 Å². The molecule has 7 heteroatoms. The van der Waals surface area contributed by atoms with Crippen molar-refractivity contribution in [3.8, 4) is 0 Å². The van der Waals surface area contributed by atoms with Gasteiger partial charge < -0.3 is 15.7 Å². The van der Waals surface area contributed by atoms with Crippen molar-refractivity contribution in [2.45, 2.75) is 12.8 Å². The van der Waals surface area contributed by atoms with E-state index in [-0.39, 0.29) is 16.8 Å². The zero-order chi connectivity index (χ0) is 17.0. The first-order chi connectivity index (χ1) is 10.9. The number of halogens is 1. The van der Waals surface area contributed by atoms with E-state index in [0.717, 1.165) is 0 Å². The van der Waals surface area contributed by atoms with E-state index in [0.29, 0.717) is 24.1 Å². The molecule has 0 heterocycles. The molecule has 0 unspecified atom stereocenters. The van der Waals surface area contributed by atoms with Crippen LogP contribution in [-0.4, -0.2) is 29.9 Å². The van der Waals surface area contributed by atoms with Gasteiger partial charge in [-0.3, -0.25) is 14.4 Å². The first-order valence-corrected chi connectivity index (χ1v) is 7.52. The van der Waals surface area contributed by atoms with Gasteiger partial charge in [-0.05, 0) is 31.0 Å². The molecule has 1 aliphatic rings. The number of carboxylic acids is 1. The van der Waals surface area contributed by atoms with Crippen LogP contribution in [0.4, 0.5) is 5.69 Å². The van der Waals surface area contributed by atoms with Crippen LogP contribution >= 0.6 is 11.6 Å². The lowest BCUT2D eigenvalue weighted by atomic mass is 9.82. The molecule has 2 rings (SSSR count). The Morgan fingerprint density at radius 3 is 2.39 bits per heavy atom. The monoisotopic (exact) mass is 336 g/mol. The molecule has 0 radical (unpaired) electrons. The number of anilines is 1. The van der Waals surface area contributed by atoms with E-state index < -0.39 is 17.8 Å². The van der Waals surface area contributed by atoms with Crippen molar-refractivity contribution in [2.75, 3.05) is 12.4 Å². The number of carbonyl (C=O) groups is 3. The first kappa shape index (κ1) is 17.0. The van der Waals surface area contributed by atoms with Gasteiger partial charge >= 0.3 is 5.97 Å². The third kappa shape index (κ3) is 3.90. The van der Waals surface area contributed by atoms with Gasteiger partial charge in [-0.15, -0.1) is 0 Å². The molecule has 2 atom stereocenters. The quantitative estimate of drug-likeness (QED) is 0.735. The second-order valence-corrected chi connectivity index (χ2v) is 5.66. The predicted molar refractivity (Wildman–Crippen MR) is 86.5 cm³/mol. The number of hydrogen-bond acceptors (Lipinski definition) is 3. The van der Waals surface area contributed by atoms with E-state index >= 15 is 0 Å². The second kappa shape index (κ2) is 7.28. The van der Waals surface area contributed by atoms with Gasteiger partial charge in [-0.2, -0.15) is 0 Å². The summed E-state index contributed by atoms with van der Waals surface area (Å²) >= 11 is 6.03. The van der Waals surface area contributed by atoms with Gasteiger partial charge in [0, 0.05) is 12.7 Å². The van der Waals surface area contributed by atoms with Crippen molar-refractivity contribution in [2.24, 2.45) is 11.8 Å². The molecule has 0 spiro atoms. The van der Waals surface area contributed by atoms with Gasteiger partial charge in [0.15, 0.2) is 0 Å². The fourth-order valence-corrected chi connectivity index (χ4v) is 2.79. The lowest BCUT2D eigenvalue weighted by Gasteiger charge is -2.24. The highest BCUT2D eigenvalue weighted by atomic mass is 35.5. The average molecular weight is 337 g/mol. The third-order valence-corrected chi connectivity index (χ3v) is 4.11. The Hall–Kier alpha value is -2.34. The zero-order valence-electron chi connectivity index (χ0n) is 12.5. The first-order valence-electron chi connectivity index (χ1n) is 7.14. The van der Waals surface area contributed by atoms with Crippen LogP contribution in [0.3, 0.4) is 0 Å². The van der Waals surface area contributed by atoms with Crippen molar-refractivity contribution < 1.29 is 19.5 Å². The number of carbonyl (C=O) groups excluding carboxylic acids is 2. The van der Waals surface area contributed by atoms with E-state index in [1.165, 1.54) is 19.2 Å². The summed E-state index contributed by atoms with van der Waals surface area (Å²) in [6.07, 6.45) is 4.31. The Labute approximate surface area is 138 Å². The maximum atomic E-state index is 12.3. The largest absolute Gasteiger partial charge is 0.481 e. The summed E-state index contributed by atoms with van der Waals surface area (Å²) in [5.74, 6) is -3.04. The van der Waals surface area contributed by atoms with Crippen molar-refractivity contribution in [3.63, 3.8) is 0 Å². The van der Waals surface area contributed by atoms with E-state index in [1.807, 2.05) is 6.08 Å². The van der Waals surface area contributed by atoms with Crippen molar-refractivity contribution in [1.82, 2.24) is 5.32 Å². The molecular formula is C16H17ClN2O4. The number of hydrogen-bond donors (Lipinski definition) is 3. The Balaban J connectivity index is 2.14. The van der Waals surface area contributed by atoms with Gasteiger partial charge in [0.2, 0.25) is 5.91 Å². The van der Waals surface area contributed by atoms with Crippen molar-refractivity contribution in [3.05, 3.63) is 40.9 Å². The topological polar surface area (TPSA) is 95.5 Å². The second-order valence-electron chi connectivity index (χ2n) is 5.26. The lowest BCUT2D eigenvalue weighted by molar-refractivity contribution is -0.146. The molecular weight excluding hydrogens is 320 g/mol. The zero-order valence-corrected chi connectivity index (χ0v) is 13.3. The maximum Gasteiger partial charge on any atom is 0.307 e. The van der Waals surface area contributed by atoms with Crippen LogP contribution in [0, 0.1) is 11.8 Å². The van der Waals surface area contributed by atoms with Gasteiger partial charge in [0.05, 0.1) is 22.4 Å². The Kier molecular flexibility index (Phi) is 5.39. The number of amides is 2. The summed E-state index contributed by atoms with van der Waals surface area (Å²) in [5, 5.41) is 14.6. The number of allylic oxidation sites excluding steroid dienone is 2. The number of nitrogens with one attached hydrogen (secondary N) is 2. The van der Waals surface area contributed by atoms with Gasteiger partial charge in [-0.1, -0.05) is 23.8 Å². The van der Waals surface area contributed by atoms with Crippen LogP contribution in [-0.2, 0) is 9.59 Å². The fourth-order valence-electron chi connectivity index (χ4n) is 2.52. The van der Waals surface area contributed by atoms with Crippen molar-refractivity contribution in [1.29, 1.82) is 0 Å². The van der Waals surface area contributed by atoms with E-state index in [9.17, 15) is 19.5 Å². The highest BCUT2D eigenvalue weighted by Gasteiger charge is 2.34. The number of carboxylic acid groups (broad SMARTS) is 1. The molecule has 122 valence electrons. The lowest BCUT2D eigenvalue weighted by Crippen LogP contribution is -2.34. The minimum atomic E-state index is -0.984. The third-order valence-electron chi connectivity index (χ3n) is 3.79. The summed E-state index contributed by atoms with van der Waals surface area (Å²) in [4.78, 5) is 35.2. The SMILES string of the molecule is CNC(=O)c1ccc(NC(=O)[C@H]2CC=CC[C@H]2C(=O)O)cc1Cl. The molecule has 0 aliphatic heterocycles. The highest BCUT2D eigenvalue weighted by molar-refractivity contribution is 6.34. The molecule has 0 aromatic heterocycles. The molecule has 6 nitrogen and oxygen atoms in total. The van der Waals surface area contributed by atoms with Crippen LogP contribution in [0.1, 0.15) is 23.2 Å². The van der Waals surface area contributed by atoms with Gasteiger partial charge in [0.1, 0.15) is 0 Å². The van der Waals surface area contributed by atoms with Gasteiger partial charge in [-0.25, -0.2) is 0 Å². The summed E-state index contributed by atoms with van der Waals surface area (Å²) < 4.78 is 0. The molecule has 1 aromatic rings. The highest BCUT2D eigenvalue weighted by Crippen LogP contribution is 2.28. The summed E-state index contributed by atoms with van der Waals surface area (Å²) in [7, 11) is 1.50. The molecule has 0 bridgehead atoms. The smallest absolute Gasteiger partial charge is 0.307 e. The molecule has 1 aromatic carbocycles. The minimum absolute atomic E-state index is 0.209. The number of aliphatic carboxylic acids is 1. The van der Waals surface area contributed by atoms with Crippen LogP contribution in [0.15, 0.2) is 30.4 Å². The molecule has 3 N–H and O–H groups in total. The predicted octanol–water partition coefficient (Wildman–Crippen LogP) is 2.31. The molecule has 2 amide bonds. The summed E-state index contributed by atoms with van der Waals surface area (Å²) in [6.45, 7) is 0. The molecule has 0 saturated heterocycles. The Morgan fingerprint density at radius 1 is 1.17 bits per heavy atom.